The van der Waals surface area contributed by atoms with Crippen molar-refractivity contribution in [1.29, 1.82) is 0 Å². The van der Waals surface area contributed by atoms with E-state index >= 15 is 0 Å². The van der Waals surface area contributed by atoms with E-state index in [1.807, 2.05) is 0 Å². The summed E-state index contributed by atoms with van der Waals surface area (Å²) < 4.78 is 60.1. The second-order valence-corrected chi connectivity index (χ2v) is 6.76. The first-order valence-electron chi connectivity index (χ1n) is 5.28. The zero-order valence-electron chi connectivity index (χ0n) is 9.89. The van der Waals surface area contributed by atoms with Gasteiger partial charge in [-0.3, -0.25) is 4.72 Å². The third-order valence-electron chi connectivity index (χ3n) is 2.32. The predicted octanol–water partition coefficient (Wildman–Crippen LogP) is 1.54. The molecule has 1 heterocycles. The van der Waals surface area contributed by atoms with Crippen molar-refractivity contribution in [3.63, 3.8) is 0 Å². The van der Waals surface area contributed by atoms with Gasteiger partial charge in [0.1, 0.15) is 5.82 Å². The van der Waals surface area contributed by atoms with Gasteiger partial charge >= 0.3 is 10.2 Å². The fourth-order valence-electron chi connectivity index (χ4n) is 1.40. The summed E-state index contributed by atoms with van der Waals surface area (Å²) in [6.45, 7) is 0. The minimum Gasteiger partial charge on any atom is -0.263 e. The lowest BCUT2D eigenvalue weighted by molar-refractivity contribution is 0.551. The molecule has 106 valence electrons. The van der Waals surface area contributed by atoms with E-state index in [1.54, 1.807) is 12.1 Å². The Balaban J connectivity index is 2.31. The second-order valence-electron chi connectivity index (χ2n) is 3.73. The maximum atomic E-state index is 12.7. The molecule has 0 saturated carbocycles. The molecule has 0 aliphatic heterocycles. The molecule has 2 aromatic rings. The summed E-state index contributed by atoms with van der Waals surface area (Å²) >= 11 is 0. The molecule has 1 aromatic carbocycles. The number of anilines is 1. The first-order chi connectivity index (χ1) is 9.29. The van der Waals surface area contributed by atoms with Gasteiger partial charge in [-0.15, -0.1) is 3.89 Å². The van der Waals surface area contributed by atoms with Crippen LogP contribution in [0.25, 0.3) is 0 Å². The van der Waals surface area contributed by atoms with Gasteiger partial charge in [0, 0.05) is 6.20 Å². The first-order valence-corrected chi connectivity index (χ1v) is 8.14. The van der Waals surface area contributed by atoms with Crippen LogP contribution in [0.4, 0.5) is 9.70 Å². The van der Waals surface area contributed by atoms with Gasteiger partial charge in [0.2, 0.25) is 0 Å². The largest absolute Gasteiger partial charge is 0.332 e. The zero-order chi connectivity index (χ0) is 14.8. The van der Waals surface area contributed by atoms with Gasteiger partial charge in [-0.05, 0) is 36.4 Å². The van der Waals surface area contributed by atoms with E-state index < -0.39 is 25.1 Å². The van der Waals surface area contributed by atoms with Gasteiger partial charge < -0.3 is 0 Å². The molecule has 0 spiro atoms. The molecule has 0 bridgehead atoms. The molecular weight excluding hydrogens is 307 g/mol. The van der Waals surface area contributed by atoms with Crippen molar-refractivity contribution in [3.05, 3.63) is 48.7 Å². The Morgan fingerprint density at radius 3 is 2.00 bits per heavy atom. The van der Waals surface area contributed by atoms with Gasteiger partial charge in [0.25, 0.3) is 10.0 Å². The zero-order valence-corrected chi connectivity index (χ0v) is 11.5. The van der Waals surface area contributed by atoms with Crippen LogP contribution in [0, 0.1) is 0 Å². The fourth-order valence-corrected chi connectivity index (χ4v) is 2.87. The van der Waals surface area contributed by atoms with Crippen LogP contribution in [0.5, 0.6) is 0 Å². The van der Waals surface area contributed by atoms with Gasteiger partial charge in [0.15, 0.2) is 0 Å². The van der Waals surface area contributed by atoms with Crippen LogP contribution in [-0.4, -0.2) is 21.8 Å². The number of hydrogen-bond acceptors (Lipinski definition) is 5. The highest BCUT2D eigenvalue weighted by Crippen LogP contribution is 2.18. The molecule has 0 aliphatic carbocycles. The third-order valence-corrected chi connectivity index (χ3v) is 4.53. The number of hydrogen-bond donors (Lipinski definition) is 1. The van der Waals surface area contributed by atoms with Gasteiger partial charge in [-0.25, -0.2) is 13.4 Å². The van der Waals surface area contributed by atoms with E-state index in [1.165, 1.54) is 12.3 Å². The number of rotatable bonds is 4. The predicted molar refractivity (Wildman–Crippen MR) is 69.8 cm³/mol. The van der Waals surface area contributed by atoms with E-state index in [-0.39, 0.29) is 10.7 Å². The molecule has 0 atom stereocenters. The van der Waals surface area contributed by atoms with Crippen LogP contribution < -0.4 is 4.72 Å². The van der Waals surface area contributed by atoms with Gasteiger partial charge in [-0.2, -0.15) is 8.42 Å². The average Bonchev–Trinajstić information content (AvgIpc) is 2.38. The minimum absolute atomic E-state index is 0.120. The van der Waals surface area contributed by atoms with E-state index in [2.05, 4.69) is 9.71 Å². The smallest absolute Gasteiger partial charge is 0.263 e. The van der Waals surface area contributed by atoms with Gasteiger partial charge in [0.05, 0.1) is 9.79 Å². The maximum Gasteiger partial charge on any atom is 0.332 e. The molecule has 0 aliphatic rings. The van der Waals surface area contributed by atoms with Crippen molar-refractivity contribution in [1.82, 2.24) is 4.98 Å². The molecule has 1 N–H and O–H groups in total. The van der Waals surface area contributed by atoms with Crippen molar-refractivity contribution >= 4 is 26.1 Å². The number of nitrogens with zero attached hydrogens (tertiary/aromatic N) is 1. The second kappa shape index (κ2) is 5.17. The normalized spacial score (nSPS) is 12.1. The fraction of sp³-hybridized carbons (Fsp3) is 0. The highest BCUT2D eigenvalue weighted by atomic mass is 32.3. The van der Waals surface area contributed by atoms with Crippen LogP contribution in [0.15, 0.2) is 58.5 Å². The molecule has 6 nitrogen and oxygen atoms in total. The standard InChI is InChI=1S/C11H9FN2O4S2/c12-19(15,16)9-4-6-10(7-5-9)20(17,18)14-11-3-1-2-8-13-11/h1-8H,(H,13,14). The van der Waals surface area contributed by atoms with Crippen LogP contribution in [0.2, 0.25) is 0 Å². The molecule has 20 heavy (non-hydrogen) atoms. The summed E-state index contributed by atoms with van der Waals surface area (Å²) in [6, 6.07) is 8.43. The van der Waals surface area contributed by atoms with E-state index in [4.69, 9.17) is 0 Å². The van der Waals surface area contributed by atoms with E-state index in [0.717, 1.165) is 24.3 Å². The van der Waals surface area contributed by atoms with Crippen molar-refractivity contribution in [2.45, 2.75) is 9.79 Å². The summed E-state index contributed by atoms with van der Waals surface area (Å²) in [5.74, 6) is 0.120. The van der Waals surface area contributed by atoms with Crippen LogP contribution in [0.1, 0.15) is 0 Å². The highest BCUT2D eigenvalue weighted by Gasteiger charge is 2.17. The molecule has 1 aromatic heterocycles. The number of sulfonamides is 1. The molecular formula is C11H9FN2O4S2. The molecule has 2 rings (SSSR count). The number of benzene rings is 1. The topological polar surface area (TPSA) is 93.2 Å². The van der Waals surface area contributed by atoms with Crippen molar-refractivity contribution < 1.29 is 20.7 Å². The molecule has 0 unspecified atom stereocenters. The number of halogens is 1. The lowest BCUT2D eigenvalue weighted by atomic mass is 10.4. The first kappa shape index (κ1) is 14.4. The molecule has 9 heteroatoms. The molecule has 0 saturated heterocycles. The average molecular weight is 316 g/mol. The van der Waals surface area contributed by atoms with E-state index in [9.17, 15) is 20.7 Å². The molecule has 0 fully saturated rings. The number of pyridine rings is 1. The Labute approximate surface area is 115 Å². The molecule has 0 radical (unpaired) electrons. The quantitative estimate of drug-likeness (QED) is 0.864. The lowest BCUT2D eigenvalue weighted by Gasteiger charge is -2.07. The lowest BCUT2D eigenvalue weighted by Crippen LogP contribution is -2.13. The summed E-state index contributed by atoms with van der Waals surface area (Å²) in [7, 11) is -8.76. The van der Waals surface area contributed by atoms with Crippen LogP contribution >= 0.6 is 0 Å². The van der Waals surface area contributed by atoms with Crippen LogP contribution in [0.3, 0.4) is 0 Å². The summed E-state index contributed by atoms with van der Waals surface area (Å²) in [4.78, 5) is 3.00. The van der Waals surface area contributed by atoms with E-state index in [0.29, 0.717) is 0 Å². The van der Waals surface area contributed by atoms with Crippen molar-refractivity contribution in [2.75, 3.05) is 4.72 Å². The summed E-state index contributed by atoms with van der Waals surface area (Å²) in [6.07, 6.45) is 1.41. The Bertz CT molecular complexity index is 803. The van der Waals surface area contributed by atoms with Crippen molar-refractivity contribution in [2.24, 2.45) is 0 Å². The monoisotopic (exact) mass is 316 g/mol. The Hall–Kier alpha value is -2.00. The maximum absolute atomic E-state index is 12.7. The number of aromatic nitrogens is 1. The Morgan fingerprint density at radius 1 is 0.900 bits per heavy atom. The minimum atomic E-state index is -4.85. The third kappa shape index (κ3) is 3.31. The summed E-state index contributed by atoms with van der Waals surface area (Å²) in [5, 5.41) is 0. The highest BCUT2D eigenvalue weighted by molar-refractivity contribution is 7.92. The van der Waals surface area contributed by atoms with Crippen molar-refractivity contribution in [3.8, 4) is 0 Å². The van der Waals surface area contributed by atoms with Crippen LogP contribution in [-0.2, 0) is 20.2 Å². The van der Waals surface area contributed by atoms with Gasteiger partial charge in [-0.1, -0.05) is 6.07 Å². The Kier molecular flexibility index (Phi) is 3.73. The Morgan fingerprint density at radius 2 is 1.50 bits per heavy atom. The number of nitrogens with one attached hydrogen (secondary N) is 1. The SMILES string of the molecule is O=S(=O)(F)c1ccc(S(=O)(=O)Nc2ccccn2)cc1. The summed E-state index contributed by atoms with van der Waals surface area (Å²) in [5.41, 5.74) is 0. The molecule has 0 amide bonds.